The van der Waals surface area contributed by atoms with Crippen molar-refractivity contribution in [2.75, 3.05) is 6.26 Å². The number of hydrogen-bond donors (Lipinski definition) is 1. The first-order valence-corrected chi connectivity index (χ1v) is 6.85. The third-order valence-electron chi connectivity index (χ3n) is 2.92. The average Bonchev–Trinajstić information content (AvgIpc) is 2.93. The van der Waals surface area contributed by atoms with Crippen LogP contribution in [0.3, 0.4) is 0 Å². The van der Waals surface area contributed by atoms with Gasteiger partial charge in [0.25, 0.3) is 0 Å². The van der Waals surface area contributed by atoms with Gasteiger partial charge in [-0.15, -0.1) is 0 Å². The number of hydrogen-bond acceptors (Lipinski definition) is 3. The van der Waals surface area contributed by atoms with Crippen LogP contribution >= 0.6 is 0 Å². The van der Waals surface area contributed by atoms with Gasteiger partial charge in [-0.3, -0.25) is 4.79 Å². The fourth-order valence-electron chi connectivity index (χ4n) is 2.18. The van der Waals surface area contributed by atoms with Gasteiger partial charge in [-0.1, -0.05) is 30.3 Å². The van der Waals surface area contributed by atoms with Crippen molar-refractivity contribution in [3.63, 3.8) is 0 Å². The number of rotatable bonds is 3. The molecule has 0 aromatic heterocycles. The lowest BCUT2D eigenvalue weighted by Gasteiger charge is -1.97. The summed E-state index contributed by atoms with van der Waals surface area (Å²) in [4.78, 5) is 10.9. The third kappa shape index (κ3) is 1.82. The van der Waals surface area contributed by atoms with Crippen LogP contribution in [0, 0.1) is 5.92 Å². The van der Waals surface area contributed by atoms with E-state index in [2.05, 4.69) is 0 Å². The second kappa shape index (κ2) is 3.59. The summed E-state index contributed by atoms with van der Waals surface area (Å²) in [7, 11) is -3.30. The Balaban J connectivity index is 2.34. The van der Waals surface area contributed by atoms with Crippen molar-refractivity contribution >= 4 is 15.8 Å². The van der Waals surface area contributed by atoms with E-state index < -0.39 is 32.9 Å². The highest BCUT2D eigenvalue weighted by Gasteiger charge is 2.61. The van der Waals surface area contributed by atoms with E-state index in [9.17, 15) is 13.2 Å². The van der Waals surface area contributed by atoms with E-state index in [0.29, 0.717) is 0 Å². The number of aliphatic carboxylic acids is 1. The van der Waals surface area contributed by atoms with Gasteiger partial charge in [0.05, 0.1) is 11.2 Å². The van der Waals surface area contributed by atoms with Gasteiger partial charge in [-0.2, -0.15) is 0 Å². The molecular formula is C11H12O4S. The van der Waals surface area contributed by atoms with E-state index in [4.69, 9.17) is 5.11 Å². The van der Waals surface area contributed by atoms with Crippen molar-refractivity contribution in [1.82, 2.24) is 0 Å². The molecule has 0 heterocycles. The van der Waals surface area contributed by atoms with Gasteiger partial charge >= 0.3 is 5.97 Å². The first-order valence-electron chi connectivity index (χ1n) is 4.89. The standard InChI is InChI=1S/C11H12O4S/c1-16(14,15)10-8(9(10)11(12)13)7-5-3-2-4-6-7/h2-6,8-10H,1H3,(H,12,13)/t8-,9-,10+/m1/s1. The Morgan fingerprint density at radius 3 is 2.19 bits per heavy atom. The second-order valence-corrected chi connectivity index (χ2v) is 6.30. The molecule has 0 radical (unpaired) electrons. The predicted molar refractivity (Wildman–Crippen MR) is 58.9 cm³/mol. The second-order valence-electron chi connectivity index (χ2n) is 4.09. The van der Waals surface area contributed by atoms with Gasteiger partial charge in [0, 0.05) is 12.2 Å². The van der Waals surface area contributed by atoms with Crippen molar-refractivity contribution in [1.29, 1.82) is 0 Å². The number of benzene rings is 1. The van der Waals surface area contributed by atoms with Crippen LogP contribution in [-0.2, 0) is 14.6 Å². The molecule has 0 spiro atoms. The lowest BCUT2D eigenvalue weighted by atomic mass is 10.1. The molecule has 1 saturated carbocycles. The minimum absolute atomic E-state index is 0.395. The molecule has 0 unspecified atom stereocenters. The molecule has 1 aliphatic carbocycles. The molecule has 0 saturated heterocycles. The van der Waals surface area contributed by atoms with Gasteiger partial charge < -0.3 is 5.11 Å². The van der Waals surface area contributed by atoms with Crippen LogP contribution in [-0.4, -0.2) is 31.0 Å². The fraction of sp³-hybridized carbons (Fsp3) is 0.364. The van der Waals surface area contributed by atoms with Crippen LogP contribution in [0.2, 0.25) is 0 Å². The van der Waals surface area contributed by atoms with Gasteiger partial charge in [0.15, 0.2) is 9.84 Å². The van der Waals surface area contributed by atoms with E-state index in [1.807, 2.05) is 6.07 Å². The van der Waals surface area contributed by atoms with Crippen LogP contribution in [0.4, 0.5) is 0 Å². The Bertz CT molecular complexity index is 506. The molecule has 5 heteroatoms. The van der Waals surface area contributed by atoms with Crippen molar-refractivity contribution in [2.24, 2.45) is 5.92 Å². The molecule has 1 aliphatic rings. The highest BCUT2D eigenvalue weighted by Crippen LogP contribution is 2.52. The summed E-state index contributed by atoms with van der Waals surface area (Å²) in [5, 5.41) is 8.18. The monoisotopic (exact) mass is 240 g/mol. The van der Waals surface area contributed by atoms with Crippen LogP contribution < -0.4 is 0 Å². The quantitative estimate of drug-likeness (QED) is 0.852. The van der Waals surface area contributed by atoms with E-state index in [1.165, 1.54) is 0 Å². The Labute approximate surface area is 93.8 Å². The van der Waals surface area contributed by atoms with Crippen molar-refractivity contribution in [3.05, 3.63) is 35.9 Å². The lowest BCUT2D eigenvalue weighted by Crippen LogP contribution is -2.10. The summed E-state index contributed by atoms with van der Waals surface area (Å²) in [6.45, 7) is 0. The lowest BCUT2D eigenvalue weighted by molar-refractivity contribution is -0.138. The van der Waals surface area contributed by atoms with Crippen LogP contribution in [0.1, 0.15) is 11.5 Å². The zero-order chi connectivity index (χ0) is 11.9. The Morgan fingerprint density at radius 1 is 1.25 bits per heavy atom. The van der Waals surface area contributed by atoms with Crippen molar-refractivity contribution in [2.45, 2.75) is 11.2 Å². The number of carboxylic acids is 1. The number of sulfone groups is 1. The Hall–Kier alpha value is -1.36. The van der Waals surface area contributed by atoms with E-state index in [1.54, 1.807) is 24.3 Å². The van der Waals surface area contributed by atoms with Gasteiger partial charge in [0.1, 0.15) is 0 Å². The van der Waals surface area contributed by atoms with E-state index in [-0.39, 0.29) is 0 Å². The summed E-state index contributed by atoms with van der Waals surface area (Å²) >= 11 is 0. The zero-order valence-corrected chi connectivity index (χ0v) is 9.52. The van der Waals surface area contributed by atoms with Gasteiger partial charge in [-0.25, -0.2) is 8.42 Å². The number of carboxylic acid groups (broad SMARTS) is 1. The SMILES string of the molecule is CS(=O)(=O)[C@@H]1[C@H](C(=O)O)[C@H]1c1ccccc1. The molecule has 1 fully saturated rings. The predicted octanol–water partition coefficient (Wildman–Crippen LogP) is 0.898. The summed E-state index contributed by atoms with van der Waals surface area (Å²) in [6.07, 6.45) is 1.09. The summed E-state index contributed by atoms with van der Waals surface area (Å²) in [5.41, 5.74) is 0.783. The van der Waals surface area contributed by atoms with Gasteiger partial charge in [0.2, 0.25) is 0 Å². The molecule has 0 bridgehead atoms. The van der Waals surface area contributed by atoms with Crippen LogP contribution in [0.5, 0.6) is 0 Å². The van der Waals surface area contributed by atoms with E-state index >= 15 is 0 Å². The first-order chi connectivity index (χ1) is 7.43. The summed E-state index contributed by atoms with van der Waals surface area (Å²) in [6, 6.07) is 8.92. The average molecular weight is 240 g/mol. The van der Waals surface area contributed by atoms with Crippen LogP contribution in [0.25, 0.3) is 0 Å². The third-order valence-corrected chi connectivity index (χ3v) is 4.49. The highest BCUT2D eigenvalue weighted by atomic mass is 32.2. The topological polar surface area (TPSA) is 71.4 Å². The largest absolute Gasteiger partial charge is 0.481 e. The van der Waals surface area contributed by atoms with Gasteiger partial charge in [-0.05, 0) is 5.56 Å². The number of carbonyl (C=O) groups is 1. The molecule has 2 rings (SSSR count). The molecule has 3 atom stereocenters. The summed E-state index contributed by atoms with van der Waals surface area (Å²) in [5.74, 6) is -2.23. The molecular weight excluding hydrogens is 228 g/mol. The highest BCUT2D eigenvalue weighted by molar-refractivity contribution is 7.91. The van der Waals surface area contributed by atoms with Crippen molar-refractivity contribution in [3.8, 4) is 0 Å². The zero-order valence-electron chi connectivity index (χ0n) is 8.70. The maximum absolute atomic E-state index is 11.4. The van der Waals surface area contributed by atoms with Crippen molar-refractivity contribution < 1.29 is 18.3 Å². The molecule has 1 aromatic rings. The molecule has 0 aliphatic heterocycles. The maximum Gasteiger partial charge on any atom is 0.308 e. The molecule has 16 heavy (non-hydrogen) atoms. The minimum Gasteiger partial charge on any atom is -0.481 e. The molecule has 1 N–H and O–H groups in total. The van der Waals surface area contributed by atoms with E-state index in [0.717, 1.165) is 11.8 Å². The molecule has 86 valence electrons. The Kier molecular flexibility index (Phi) is 2.50. The van der Waals surface area contributed by atoms with Crippen LogP contribution in [0.15, 0.2) is 30.3 Å². The molecule has 0 amide bonds. The summed E-state index contributed by atoms with van der Waals surface area (Å²) < 4.78 is 22.9. The fourth-order valence-corrected chi connectivity index (χ4v) is 3.77. The minimum atomic E-state index is -3.30. The normalized spacial score (nSPS) is 28.7. The maximum atomic E-state index is 11.4. The molecule has 4 nitrogen and oxygen atoms in total. The molecule has 1 aromatic carbocycles. The smallest absolute Gasteiger partial charge is 0.308 e. The first kappa shape index (κ1) is 11.1. The Morgan fingerprint density at radius 2 is 1.81 bits per heavy atom.